The standard InChI is InChI=1S/C24H27N3O/c1-2-6-19(7-3-1)16-22-25-23(28-26-22)18-27-14-12-24(13-15-27)11-10-20-8-4-5-9-21(20)17-24/h1-9H,10-18H2. The molecule has 1 aromatic heterocycles. The molecule has 1 fully saturated rings. The zero-order valence-electron chi connectivity index (χ0n) is 16.3. The minimum Gasteiger partial charge on any atom is -0.338 e. The Morgan fingerprint density at radius 1 is 0.893 bits per heavy atom. The predicted octanol–water partition coefficient (Wildman–Crippen LogP) is 4.43. The number of fused-ring (bicyclic) bond motifs is 1. The number of aryl methyl sites for hydroxylation is 1. The Morgan fingerprint density at radius 3 is 2.46 bits per heavy atom. The fourth-order valence-corrected chi connectivity index (χ4v) is 4.87. The summed E-state index contributed by atoms with van der Waals surface area (Å²) in [6, 6.07) is 19.3. The van der Waals surface area contributed by atoms with E-state index in [-0.39, 0.29) is 0 Å². The lowest BCUT2D eigenvalue weighted by molar-refractivity contribution is 0.0785. The molecule has 2 aliphatic rings. The van der Waals surface area contributed by atoms with Gasteiger partial charge in [0.1, 0.15) is 0 Å². The molecule has 0 radical (unpaired) electrons. The lowest BCUT2D eigenvalue weighted by Crippen LogP contribution is -2.42. The first-order valence-electron chi connectivity index (χ1n) is 10.4. The molecule has 3 aromatic rings. The van der Waals surface area contributed by atoms with Crippen LogP contribution in [0, 0.1) is 5.41 Å². The molecule has 1 saturated heterocycles. The van der Waals surface area contributed by atoms with Gasteiger partial charge in [0.2, 0.25) is 5.89 Å². The molecule has 4 nitrogen and oxygen atoms in total. The van der Waals surface area contributed by atoms with Crippen LogP contribution in [0.1, 0.15) is 47.7 Å². The van der Waals surface area contributed by atoms with Crippen molar-refractivity contribution in [3.05, 3.63) is 83.0 Å². The Morgan fingerprint density at radius 2 is 1.64 bits per heavy atom. The lowest BCUT2D eigenvalue weighted by Gasteiger charge is -2.44. The monoisotopic (exact) mass is 373 g/mol. The van der Waals surface area contributed by atoms with Crippen molar-refractivity contribution in [1.82, 2.24) is 15.0 Å². The molecule has 0 saturated carbocycles. The summed E-state index contributed by atoms with van der Waals surface area (Å²) in [7, 11) is 0. The third-order valence-corrected chi connectivity index (χ3v) is 6.60. The molecular formula is C24H27N3O. The van der Waals surface area contributed by atoms with E-state index in [0.29, 0.717) is 5.41 Å². The van der Waals surface area contributed by atoms with Crippen LogP contribution in [0.3, 0.4) is 0 Å². The molecule has 2 aromatic carbocycles. The first-order valence-corrected chi connectivity index (χ1v) is 10.4. The first kappa shape index (κ1) is 17.6. The highest BCUT2D eigenvalue weighted by atomic mass is 16.5. The van der Waals surface area contributed by atoms with E-state index in [1.165, 1.54) is 37.7 Å². The van der Waals surface area contributed by atoms with Crippen LogP contribution >= 0.6 is 0 Å². The van der Waals surface area contributed by atoms with Gasteiger partial charge in [0.25, 0.3) is 0 Å². The maximum atomic E-state index is 5.52. The van der Waals surface area contributed by atoms with E-state index in [9.17, 15) is 0 Å². The number of likely N-dealkylation sites (tertiary alicyclic amines) is 1. The van der Waals surface area contributed by atoms with Crippen molar-refractivity contribution in [3.8, 4) is 0 Å². The fourth-order valence-electron chi connectivity index (χ4n) is 4.87. The molecular weight excluding hydrogens is 346 g/mol. The van der Waals surface area contributed by atoms with Crippen molar-refractivity contribution >= 4 is 0 Å². The second kappa shape index (κ2) is 7.51. The molecule has 1 aliphatic heterocycles. The Bertz CT molecular complexity index is 926. The molecule has 144 valence electrons. The topological polar surface area (TPSA) is 42.2 Å². The predicted molar refractivity (Wildman–Crippen MR) is 109 cm³/mol. The van der Waals surface area contributed by atoms with E-state index in [4.69, 9.17) is 4.52 Å². The Hall–Kier alpha value is -2.46. The van der Waals surface area contributed by atoms with Gasteiger partial charge in [0, 0.05) is 6.42 Å². The zero-order valence-corrected chi connectivity index (χ0v) is 16.3. The van der Waals surface area contributed by atoms with Gasteiger partial charge < -0.3 is 4.52 Å². The van der Waals surface area contributed by atoms with E-state index in [1.807, 2.05) is 18.2 Å². The van der Waals surface area contributed by atoms with Crippen LogP contribution in [-0.4, -0.2) is 28.1 Å². The largest absolute Gasteiger partial charge is 0.338 e. The smallest absolute Gasteiger partial charge is 0.240 e. The van der Waals surface area contributed by atoms with Crippen LogP contribution in [-0.2, 0) is 25.8 Å². The molecule has 0 bridgehead atoms. The molecule has 0 N–H and O–H groups in total. The van der Waals surface area contributed by atoms with E-state index in [0.717, 1.165) is 37.8 Å². The van der Waals surface area contributed by atoms with E-state index in [1.54, 1.807) is 11.1 Å². The average Bonchev–Trinajstić information content (AvgIpc) is 3.17. The molecule has 5 rings (SSSR count). The summed E-state index contributed by atoms with van der Waals surface area (Å²) in [5.74, 6) is 1.52. The summed E-state index contributed by atoms with van der Waals surface area (Å²) in [6.45, 7) is 3.02. The van der Waals surface area contributed by atoms with Crippen LogP contribution in [0.25, 0.3) is 0 Å². The third-order valence-electron chi connectivity index (χ3n) is 6.60. The number of nitrogens with zero attached hydrogens (tertiary/aromatic N) is 3. The van der Waals surface area contributed by atoms with Crippen LogP contribution < -0.4 is 0 Å². The highest BCUT2D eigenvalue weighted by Crippen LogP contribution is 2.43. The Labute approximate surface area is 166 Å². The molecule has 4 heteroatoms. The number of aromatic nitrogens is 2. The van der Waals surface area contributed by atoms with Crippen LogP contribution in [0.2, 0.25) is 0 Å². The summed E-state index contributed by atoms with van der Waals surface area (Å²) >= 11 is 0. The SMILES string of the molecule is c1ccc(Cc2noc(CN3CCC4(CCc5ccccc5C4)CC3)n2)cc1. The second-order valence-electron chi connectivity index (χ2n) is 8.49. The Kier molecular flexibility index (Phi) is 4.73. The van der Waals surface area contributed by atoms with Gasteiger partial charge in [-0.2, -0.15) is 4.98 Å². The third kappa shape index (κ3) is 3.74. The zero-order chi connectivity index (χ0) is 18.8. The van der Waals surface area contributed by atoms with Crippen molar-refractivity contribution in [2.45, 2.75) is 45.1 Å². The van der Waals surface area contributed by atoms with Crippen molar-refractivity contribution in [1.29, 1.82) is 0 Å². The normalized spacial score (nSPS) is 18.9. The van der Waals surface area contributed by atoms with Crippen molar-refractivity contribution in [2.24, 2.45) is 5.41 Å². The van der Waals surface area contributed by atoms with Crippen molar-refractivity contribution in [2.75, 3.05) is 13.1 Å². The maximum absolute atomic E-state index is 5.52. The number of hydrogen-bond donors (Lipinski definition) is 0. The summed E-state index contributed by atoms with van der Waals surface area (Å²) in [5, 5.41) is 4.17. The van der Waals surface area contributed by atoms with Gasteiger partial charge in [0.05, 0.1) is 6.54 Å². The van der Waals surface area contributed by atoms with Gasteiger partial charge in [-0.3, -0.25) is 4.90 Å². The van der Waals surface area contributed by atoms with Crippen molar-refractivity contribution < 1.29 is 4.52 Å². The van der Waals surface area contributed by atoms with Crippen molar-refractivity contribution in [3.63, 3.8) is 0 Å². The summed E-state index contributed by atoms with van der Waals surface area (Å²) in [5.41, 5.74) is 4.85. The average molecular weight is 374 g/mol. The maximum Gasteiger partial charge on any atom is 0.240 e. The summed E-state index contributed by atoms with van der Waals surface area (Å²) < 4.78 is 5.52. The minimum atomic E-state index is 0.498. The number of piperidine rings is 1. The number of benzene rings is 2. The molecule has 0 atom stereocenters. The number of rotatable bonds is 4. The van der Waals surface area contributed by atoms with Crippen LogP contribution in [0.4, 0.5) is 0 Å². The van der Waals surface area contributed by atoms with Gasteiger partial charge in [-0.25, -0.2) is 0 Å². The minimum absolute atomic E-state index is 0.498. The molecule has 0 amide bonds. The van der Waals surface area contributed by atoms with E-state index < -0.39 is 0 Å². The van der Waals surface area contributed by atoms with Gasteiger partial charge in [-0.1, -0.05) is 59.8 Å². The molecule has 2 heterocycles. The van der Waals surface area contributed by atoms with Gasteiger partial charge >= 0.3 is 0 Å². The van der Waals surface area contributed by atoms with E-state index in [2.05, 4.69) is 51.4 Å². The first-order chi connectivity index (χ1) is 13.8. The molecule has 0 unspecified atom stereocenters. The highest BCUT2D eigenvalue weighted by molar-refractivity contribution is 5.31. The lowest BCUT2D eigenvalue weighted by atomic mass is 9.66. The Balaban J connectivity index is 1.17. The second-order valence-corrected chi connectivity index (χ2v) is 8.49. The van der Waals surface area contributed by atoms with Gasteiger partial charge in [-0.05, 0) is 67.3 Å². The summed E-state index contributed by atoms with van der Waals surface area (Å²) in [4.78, 5) is 7.09. The molecule has 1 spiro atoms. The van der Waals surface area contributed by atoms with Gasteiger partial charge in [0.15, 0.2) is 5.82 Å². The van der Waals surface area contributed by atoms with Gasteiger partial charge in [-0.15, -0.1) is 0 Å². The van der Waals surface area contributed by atoms with Crippen LogP contribution in [0.15, 0.2) is 59.1 Å². The summed E-state index contributed by atoms with van der Waals surface area (Å²) in [6.07, 6.45) is 7.09. The van der Waals surface area contributed by atoms with Crippen LogP contribution in [0.5, 0.6) is 0 Å². The van der Waals surface area contributed by atoms with E-state index >= 15 is 0 Å². The molecule has 28 heavy (non-hydrogen) atoms. The molecule has 1 aliphatic carbocycles. The quantitative estimate of drug-likeness (QED) is 0.678. The number of hydrogen-bond acceptors (Lipinski definition) is 4. The fraction of sp³-hybridized carbons (Fsp3) is 0.417. The highest BCUT2D eigenvalue weighted by Gasteiger charge is 2.37.